The third kappa shape index (κ3) is 7.06. The van der Waals surface area contributed by atoms with Gasteiger partial charge in [0.15, 0.2) is 11.7 Å². The summed E-state index contributed by atoms with van der Waals surface area (Å²) in [4.78, 5) is 55.2. The lowest BCUT2D eigenvalue weighted by molar-refractivity contribution is -0.158. The van der Waals surface area contributed by atoms with Gasteiger partial charge in [-0.15, -0.1) is 0 Å². The Balaban J connectivity index is 2.57. The summed E-state index contributed by atoms with van der Waals surface area (Å²) in [6, 6.07) is -0.367. The monoisotopic (exact) mass is 464 g/mol. The van der Waals surface area contributed by atoms with E-state index in [1.54, 1.807) is 34.6 Å². The smallest absolute Gasteiger partial charge is 0.316 e. The van der Waals surface area contributed by atoms with Crippen molar-refractivity contribution in [3.05, 3.63) is 46.0 Å². The number of aromatic nitrogens is 3. The average Bonchev–Trinajstić information content (AvgIpc) is 3.13. The number of Topliss-reactive ketones (excluding diaryl/α,β-unsaturated/α-hetero) is 1. The lowest BCUT2D eigenvalue weighted by Crippen LogP contribution is -2.50. The van der Waals surface area contributed by atoms with Gasteiger partial charge < -0.3 is 14.5 Å². The number of amides is 1. The molecule has 2 aromatic rings. The zero-order chi connectivity index (χ0) is 24.8. The van der Waals surface area contributed by atoms with Crippen molar-refractivity contribution in [2.24, 2.45) is 0 Å². The van der Waals surface area contributed by atoms with Crippen LogP contribution < -0.4 is 10.9 Å². The van der Waals surface area contributed by atoms with E-state index in [2.05, 4.69) is 15.4 Å². The van der Waals surface area contributed by atoms with E-state index in [1.807, 2.05) is 0 Å². The second kappa shape index (κ2) is 11.0. The molecule has 0 aliphatic rings. The number of nitrogens with one attached hydrogen (secondary N) is 1. The summed E-state index contributed by atoms with van der Waals surface area (Å²) < 4.78 is 25.1. The van der Waals surface area contributed by atoms with E-state index in [0.29, 0.717) is 18.0 Å². The molecule has 0 bridgehead atoms. The molecule has 2 atom stereocenters. The Bertz CT molecular complexity index is 1060. The molecule has 33 heavy (non-hydrogen) atoms. The van der Waals surface area contributed by atoms with Crippen LogP contribution in [0, 0.1) is 6.92 Å². The standard InChI is InChI=1S/C22H29FN4O6/c1-6-7-17(29)26-19(16(28)10-23)18(21(31)33-22(3,4)5)15-8-9-24-27(20(15)30)11-14-12-32-13(2)25-14/h8-9,12,18-19H,6-7,10-11H2,1-5H3,(H,26,29). The highest BCUT2D eigenvalue weighted by Gasteiger charge is 2.40. The summed E-state index contributed by atoms with van der Waals surface area (Å²) >= 11 is 0. The number of hydrogen-bond acceptors (Lipinski definition) is 8. The van der Waals surface area contributed by atoms with Crippen molar-refractivity contribution in [2.45, 2.75) is 71.6 Å². The van der Waals surface area contributed by atoms with Crippen LogP contribution in [0.5, 0.6) is 0 Å². The molecule has 180 valence electrons. The first-order chi connectivity index (χ1) is 15.5. The largest absolute Gasteiger partial charge is 0.459 e. The number of ether oxygens (including phenoxy) is 1. The zero-order valence-corrected chi connectivity index (χ0v) is 19.4. The van der Waals surface area contributed by atoms with Crippen LogP contribution in [-0.4, -0.2) is 50.7 Å². The van der Waals surface area contributed by atoms with E-state index in [4.69, 9.17) is 9.15 Å². The van der Waals surface area contributed by atoms with Crippen molar-refractivity contribution in [3.8, 4) is 0 Å². The molecular weight excluding hydrogens is 435 g/mol. The molecule has 2 heterocycles. The molecule has 0 aliphatic heterocycles. The predicted octanol–water partition coefficient (Wildman–Crippen LogP) is 1.84. The second-order valence-corrected chi connectivity index (χ2v) is 8.51. The predicted molar refractivity (Wildman–Crippen MR) is 115 cm³/mol. The number of esters is 1. The van der Waals surface area contributed by atoms with Gasteiger partial charge in [0.25, 0.3) is 5.56 Å². The van der Waals surface area contributed by atoms with Crippen LogP contribution in [0.4, 0.5) is 4.39 Å². The van der Waals surface area contributed by atoms with Crippen LogP contribution in [-0.2, 0) is 25.7 Å². The maximum atomic E-state index is 13.5. The van der Waals surface area contributed by atoms with Crippen molar-refractivity contribution in [1.82, 2.24) is 20.1 Å². The molecular formula is C22H29FN4O6. The molecule has 0 radical (unpaired) electrons. The second-order valence-electron chi connectivity index (χ2n) is 8.51. The number of hydrogen-bond donors (Lipinski definition) is 1. The molecule has 2 rings (SSSR count). The highest BCUT2D eigenvalue weighted by Crippen LogP contribution is 2.23. The first-order valence-corrected chi connectivity index (χ1v) is 10.5. The number of carbonyl (C=O) groups excluding carboxylic acids is 3. The van der Waals surface area contributed by atoms with Crippen molar-refractivity contribution in [2.75, 3.05) is 6.67 Å². The number of carbonyl (C=O) groups is 3. The van der Waals surface area contributed by atoms with Gasteiger partial charge in [-0.25, -0.2) is 14.1 Å². The molecule has 1 N–H and O–H groups in total. The summed E-state index contributed by atoms with van der Waals surface area (Å²) in [6.07, 6.45) is 3.16. The molecule has 0 aromatic carbocycles. The van der Waals surface area contributed by atoms with Gasteiger partial charge in [0.1, 0.15) is 36.2 Å². The zero-order valence-electron chi connectivity index (χ0n) is 19.4. The Hall–Kier alpha value is -3.37. The van der Waals surface area contributed by atoms with E-state index >= 15 is 0 Å². The topological polar surface area (TPSA) is 133 Å². The molecule has 0 saturated carbocycles. The minimum Gasteiger partial charge on any atom is -0.459 e. The van der Waals surface area contributed by atoms with Gasteiger partial charge in [-0.2, -0.15) is 5.10 Å². The molecule has 2 aromatic heterocycles. The van der Waals surface area contributed by atoms with E-state index in [0.717, 1.165) is 4.68 Å². The van der Waals surface area contributed by atoms with Gasteiger partial charge in [0.2, 0.25) is 5.91 Å². The van der Waals surface area contributed by atoms with Crippen molar-refractivity contribution in [1.29, 1.82) is 0 Å². The SMILES string of the molecule is CCCC(=O)NC(C(=O)CF)C(C(=O)OC(C)(C)C)c1ccnn(Cc2coc(C)n2)c1=O. The van der Waals surface area contributed by atoms with Crippen LogP contribution in [0.3, 0.4) is 0 Å². The van der Waals surface area contributed by atoms with E-state index in [9.17, 15) is 23.6 Å². The molecule has 2 unspecified atom stereocenters. The maximum Gasteiger partial charge on any atom is 0.316 e. The normalized spacial score (nSPS) is 13.3. The van der Waals surface area contributed by atoms with Crippen LogP contribution in [0.25, 0.3) is 0 Å². The number of aryl methyl sites for hydroxylation is 1. The Kier molecular flexibility index (Phi) is 8.61. The fourth-order valence-corrected chi connectivity index (χ4v) is 3.16. The van der Waals surface area contributed by atoms with Crippen LogP contribution >= 0.6 is 0 Å². The third-order valence-corrected chi connectivity index (χ3v) is 4.52. The van der Waals surface area contributed by atoms with Crippen LogP contribution in [0.1, 0.15) is 63.6 Å². The molecule has 10 nitrogen and oxygen atoms in total. The molecule has 0 spiro atoms. The summed E-state index contributed by atoms with van der Waals surface area (Å²) in [5.41, 5.74) is -1.42. The summed E-state index contributed by atoms with van der Waals surface area (Å²) in [6.45, 7) is 6.73. The fourth-order valence-electron chi connectivity index (χ4n) is 3.16. The van der Waals surface area contributed by atoms with Crippen LogP contribution in [0.2, 0.25) is 0 Å². The summed E-state index contributed by atoms with van der Waals surface area (Å²) in [7, 11) is 0. The summed E-state index contributed by atoms with van der Waals surface area (Å²) in [5, 5.41) is 6.41. The number of halogens is 1. The van der Waals surface area contributed by atoms with E-state index in [1.165, 1.54) is 18.5 Å². The lowest BCUT2D eigenvalue weighted by Gasteiger charge is -2.28. The number of oxazole rings is 1. The Morgan fingerprint density at radius 3 is 2.55 bits per heavy atom. The minimum atomic E-state index is -1.62. The minimum absolute atomic E-state index is 0.0587. The summed E-state index contributed by atoms with van der Waals surface area (Å²) in [5.74, 6) is -3.73. The van der Waals surface area contributed by atoms with Gasteiger partial charge >= 0.3 is 5.97 Å². The number of ketones is 1. The van der Waals surface area contributed by atoms with E-state index < -0.39 is 47.5 Å². The van der Waals surface area contributed by atoms with Crippen LogP contribution in [0.15, 0.2) is 27.7 Å². The number of alkyl halides is 1. The first kappa shape index (κ1) is 25.9. The van der Waals surface area contributed by atoms with Gasteiger partial charge in [-0.1, -0.05) is 6.92 Å². The molecule has 0 fully saturated rings. The Morgan fingerprint density at radius 2 is 2.00 bits per heavy atom. The van der Waals surface area contributed by atoms with Gasteiger partial charge in [-0.05, 0) is 33.3 Å². The number of nitrogens with zero attached hydrogens (tertiary/aromatic N) is 3. The molecule has 11 heteroatoms. The van der Waals surface area contributed by atoms with Gasteiger partial charge in [0.05, 0.1) is 6.54 Å². The maximum absolute atomic E-state index is 13.5. The quantitative estimate of drug-likeness (QED) is 0.527. The van der Waals surface area contributed by atoms with Gasteiger partial charge in [-0.3, -0.25) is 19.2 Å². The Labute approximate surface area is 190 Å². The molecule has 1 amide bonds. The molecule has 0 saturated heterocycles. The van der Waals surface area contributed by atoms with Crippen molar-refractivity contribution < 1.29 is 27.9 Å². The Morgan fingerprint density at radius 1 is 1.30 bits per heavy atom. The average molecular weight is 464 g/mol. The van der Waals surface area contributed by atoms with E-state index in [-0.39, 0.29) is 18.5 Å². The highest BCUT2D eigenvalue weighted by molar-refractivity contribution is 5.96. The molecule has 0 aliphatic carbocycles. The lowest BCUT2D eigenvalue weighted by atomic mass is 9.89. The fraction of sp³-hybridized carbons (Fsp3) is 0.545. The number of rotatable bonds is 10. The van der Waals surface area contributed by atoms with Gasteiger partial charge in [0, 0.05) is 25.1 Å². The third-order valence-electron chi connectivity index (χ3n) is 4.52. The first-order valence-electron chi connectivity index (χ1n) is 10.5. The van der Waals surface area contributed by atoms with Crippen molar-refractivity contribution in [3.63, 3.8) is 0 Å². The highest BCUT2D eigenvalue weighted by atomic mass is 19.1. The van der Waals surface area contributed by atoms with Crippen molar-refractivity contribution >= 4 is 17.7 Å².